The zero-order valence-electron chi connectivity index (χ0n) is 11.4. The van der Waals surface area contributed by atoms with Gasteiger partial charge in [0.15, 0.2) is 5.69 Å². The van der Waals surface area contributed by atoms with E-state index >= 15 is 0 Å². The van der Waals surface area contributed by atoms with E-state index < -0.39 is 45.2 Å². The van der Waals surface area contributed by atoms with Crippen molar-refractivity contribution in [2.45, 2.75) is 6.18 Å². The Morgan fingerprint density at radius 1 is 1.26 bits per heavy atom. The van der Waals surface area contributed by atoms with Gasteiger partial charge in [0.25, 0.3) is 11.4 Å². The fourth-order valence-corrected chi connectivity index (χ4v) is 1.85. The first-order valence-corrected chi connectivity index (χ1v) is 5.90. The molecule has 0 heterocycles. The molecule has 0 unspecified atom stereocenters. The van der Waals surface area contributed by atoms with Gasteiger partial charge >= 0.3 is 6.18 Å². The molecule has 0 bridgehead atoms. The first-order valence-electron chi connectivity index (χ1n) is 5.90. The third-order valence-electron chi connectivity index (χ3n) is 2.72. The number of nitro groups is 2. The van der Waals surface area contributed by atoms with Crippen LogP contribution in [0.3, 0.4) is 0 Å². The van der Waals surface area contributed by atoms with E-state index in [2.05, 4.69) is 6.58 Å². The summed E-state index contributed by atoms with van der Waals surface area (Å²) >= 11 is 0. The van der Waals surface area contributed by atoms with E-state index in [0.29, 0.717) is 0 Å². The van der Waals surface area contributed by atoms with Gasteiger partial charge in [-0.05, 0) is 0 Å². The van der Waals surface area contributed by atoms with E-state index in [1.807, 2.05) is 0 Å². The average molecular weight is 330 g/mol. The van der Waals surface area contributed by atoms with Crippen LogP contribution in [0.5, 0.6) is 0 Å². The highest BCUT2D eigenvalue weighted by Crippen LogP contribution is 2.42. The molecule has 0 aliphatic carbocycles. The van der Waals surface area contributed by atoms with Crippen molar-refractivity contribution in [3.8, 4) is 6.07 Å². The minimum atomic E-state index is -4.99. The summed E-state index contributed by atoms with van der Waals surface area (Å²) in [5.41, 5.74) is -4.41. The lowest BCUT2D eigenvalue weighted by Gasteiger charge is -2.20. The summed E-state index contributed by atoms with van der Waals surface area (Å²) in [5.74, 6) is 0. The van der Waals surface area contributed by atoms with Gasteiger partial charge in [-0.25, -0.2) is 0 Å². The third-order valence-corrected chi connectivity index (χ3v) is 2.72. The number of nitriles is 1. The zero-order chi connectivity index (χ0) is 17.8. The molecule has 1 aromatic rings. The highest BCUT2D eigenvalue weighted by molar-refractivity contribution is 5.76. The lowest BCUT2D eigenvalue weighted by Crippen LogP contribution is -2.25. The van der Waals surface area contributed by atoms with Crippen LogP contribution in [0.15, 0.2) is 24.8 Å². The largest absolute Gasteiger partial charge is 0.416 e. The predicted molar refractivity (Wildman–Crippen MR) is 72.8 cm³/mol. The van der Waals surface area contributed by atoms with Gasteiger partial charge in [0.1, 0.15) is 6.54 Å². The first-order chi connectivity index (χ1) is 10.6. The summed E-state index contributed by atoms with van der Waals surface area (Å²) in [4.78, 5) is 20.7. The molecule has 23 heavy (non-hydrogen) atoms. The second-order valence-electron chi connectivity index (χ2n) is 4.20. The number of halogens is 3. The van der Waals surface area contributed by atoms with Crippen molar-refractivity contribution < 1.29 is 23.0 Å². The molecule has 0 saturated heterocycles. The molecule has 0 radical (unpaired) electrons. The normalized spacial score (nSPS) is 10.7. The maximum absolute atomic E-state index is 12.8. The van der Waals surface area contributed by atoms with Crippen molar-refractivity contribution in [1.29, 1.82) is 5.26 Å². The van der Waals surface area contributed by atoms with Crippen LogP contribution in [0, 0.1) is 31.6 Å². The molecule has 0 fully saturated rings. The Hall–Kier alpha value is -3.16. The number of nitrogens with zero attached hydrogens (tertiary/aromatic N) is 4. The van der Waals surface area contributed by atoms with Gasteiger partial charge in [-0.2, -0.15) is 18.4 Å². The molecule has 0 N–H and O–H groups in total. The quantitative estimate of drug-likeness (QED) is 0.343. The zero-order valence-corrected chi connectivity index (χ0v) is 11.4. The SMILES string of the molecule is C=CCN(CC#N)c1c([N+](=O)[O-])cc(C(F)(F)F)cc1[N+](=O)[O-]. The van der Waals surface area contributed by atoms with Crippen LogP contribution < -0.4 is 4.90 Å². The Morgan fingerprint density at radius 2 is 1.74 bits per heavy atom. The Kier molecular flexibility index (Phi) is 5.24. The molecule has 8 nitrogen and oxygen atoms in total. The van der Waals surface area contributed by atoms with E-state index in [0.717, 1.165) is 4.90 Å². The topological polar surface area (TPSA) is 113 Å². The summed E-state index contributed by atoms with van der Waals surface area (Å²) in [6.07, 6.45) is -3.78. The first kappa shape index (κ1) is 17.9. The minimum Gasteiger partial charge on any atom is -0.343 e. The Balaban J connectivity index is 3.78. The maximum Gasteiger partial charge on any atom is 0.416 e. The molecule has 122 valence electrons. The van der Waals surface area contributed by atoms with Crippen LogP contribution in [-0.4, -0.2) is 22.9 Å². The minimum absolute atomic E-state index is 0.194. The van der Waals surface area contributed by atoms with Crippen molar-refractivity contribution in [2.24, 2.45) is 0 Å². The summed E-state index contributed by atoms with van der Waals surface area (Å²) in [5, 5.41) is 30.9. The Morgan fingerprint density at radius 3 is 2.04 bits per heavy atom. The predicted octanol–water partition coefficient (Wildman–Crippen LogP) is 3.04. The number of rotatable bonds is 6. The van der Waals surface area contributed by atoms with Crippen molar-refractivity contribution in [3.63, 3.8) is 0 Å². The van der Waals surface area contributed by atoms with E-state index in [1.165, 1.54) is 6.08 Å². The highest BCUT2D eigenvalue weighted by Gasteiger charge is 2.39. The van der Waals surface area contributed by atoms with Crippen molar-refractivity contribution in [3.05, 3.63) is 50.6 Å². The fraction of sp³-hybridized carbons (Fsp3) is 0.250. The van der Waals surface area contributed by atoms with E-state index in [4.69, 9.17) is 5.26 Å². The molecule has 0 aromatic heterocycles. The second kappa shape index (κ2) is 6.73. The van der Waals surface area contributed by atoms with Crippen molar-refractivity contribution >= 4 is 17.1 Å². The highest BCUT2D eigenvalue weighted by atomic mass is 19.4. The lowest BCUT2D eigenvalue weighted by atomic mass is 10.1. The number of hydrogen-bond donors (Lipinski definition) is 0. The van der Waals surface area contributed by atoms with Gasteiger partial charge in [0.2, 0.25) is 0 Å². The molecule has 11 heteroatoms. The van der Waals surface area contributed by atoms with Crippen LogP contribution in [-0.2, 0) is 6.18 Å². The molecule has 1 rings (SSSR count). The van der Waals surface area contributed by atoms with E-state index in [1.54, 1.807) is 6.07 Å². The summed E-state index contributed by atoms with van der Waals surface area (Å²) in [6.45, 7) is 2.65. The summed E-state index contributed by atoms with van der Waals surface area (Å²) in [6, 6.07) is 2.05. The summed E-state index contributed by atoms with van der Waals surface area (Å²) < 4.78 is 38.3. The molecular weight excluding hydrogens is 321 g/mol. The number of anilines is 1. The van der Waals surface area contributed by atoms with Crippen molar-refractivity contribution in [2.75, 3.05) is 18.0 Å². The molecule has 0 atom stereocenters. The number of benzene rings is 1. The molecule has 0 saturated carbocycles. The Labute approximate surface area is 127 Å². The van der Waals surface area contributed by atoms with Gasteiger partial charge in [0, 0.05) is 18.7 Å². The smallest absolute Gasteiger partial charge is 0.343 e. The standard InChI is InChI=1S/C12H9F3N4O4/c1-2-4-17(5-3-16)11-9(18(20)21)6-8(12(13,14)15)7-10(11)19(22)23/h2,6-7H,1,4-5H2. The third kappa shape index (κ3) is 3.94. The van der Waals surface area contributed by atoms with E-state index in [9.17, 15) is 33.4 Å². The van der Waals surface area contributed by atoms with Crippen LogP contribution in [0.2, 0.25) is 0 Å². The maximum atomic E-state index is 12.8. The average Bonchev–Trinajstić information content (AvgIpc) is 2.44. The van der Waals surface area contributed by atoms with Gasteiger partial charge in [-0.15, -0.1) is 6.58 Å². The van der Waals surface area contributed by atoms with Crippen LogP contribution in [0.4, 0.5) is 30.2 Å². The Bertz CT molecular complexity index is 662. The van der Waals surface area contributed by atoms with Crippen LogP contribution in [0.25, 0.3) is 0 Å². The van der Waals surface area contributed by atoms with Gasteiger partial charge in [0.05, 0.1) is 21.5 Å². The molecule has 1 aromatic carbocycles. The van der Waals surface area contributed by atoms with Crippen LogP contribution in [0.1, 0.15) is 5.56 Å². The van der Waals surface area contributed by atoms with Crippen molar-refractivity contribution in [1.82, 2.24) is 0 Å². The number of nitro benzene ring substituents is 2. The molecule has 0 aliphatic rings. The van der Waals surface area contributed by atoms with Gasteiger partial charge in [-0.1, -0.05) is 6.08 Å². The molecule has 0 amide bonds. The monoisotopic (exact) mass is 330 g/mol. The molecule has 0 spiro atoms. The molecular formula is C12H9F3N4O4. The van der Waals surface area contributed by atoms with E-state index in [-0.39, 0.29) is 18.7 Å². The number of hydrogen-bond acceptors (Lipinski definition) is 6. The second-order valence-corrected chi connectivity index (χ2v) is 4.20. The molecule has 0 aliphatic heterocycles. The lowest BCUT2D eigenvalue weighted by molar-refractivity contribution is -0.393. The van der Waals surface area contributed by atoms with Gasteiger partial charge in [-0.3, -0.25) is 20.2 Å². The van der Waals surface area contributed by atoms with Crippen LogP contribution >= 0.6 is 0 Å². The fourth-order valence-electron chi connectivity index (χ4n) is 1.85. The van der Waals surface area contributed by atoms with Gasteiger partial charge < -0.3 is 4.90 Å². The summed E-state index contributed by atoms with van der Waals surface area (Å²) in [7, 11) is 0. The number of alkyl halides is 3.